The van der Waals surface area contributed by atoms with Crippen LogP contribution >= 0.6 is 0 Å². The van der Waals surface area contributed by atoms with Crippen molar-refractivity contribution in [3.63, 3.8) is 0 Å². The molecule has 1 saturated carbocycles. The average Bonchev–Trinajstić information content (AvgIpc) is 2.98. The number of carbonyl (C=O) groups excluding carboxylic acids is 1. The monoisotopic (exact) mass is 288 g/mol. The summed E-state index contributed by atoms with van der Waals surface area (Å²) < 4.78 is 5.32. The second-order valence-corrected chi connectivity index (χ2v) is 5.46. The summed E-state index contributed by atoms with van der Waals surface area (Å²) in [5.41, 5.74) is 1.84. The van der Waals surface area contributed by atoms with Crippen LogP contribution in [0.3, 0.4) is 0 Å². The molecule has 21 heavy (non-hydrogen) atoms. The molecule has 1 aliphatic carbocycles. The molecule has 0 spiro atoms. The molecule has 1 amide bonds. The second-order valence-electron chi connectivity index (χ2n) is 5.46. The lowest BCUT2D eigenvalue weighted by Gasteiger charge is -2.16. The number of nitrogens with one attached hydrogen (secondary N) is 2. The number of benzene rings is 1. The first-order valence-electron chi connectivity index (χ1n) is 7.59. The molecule has 0 aromatic heterocycles. The first-order chi connectivity index (χ1) is 10.2. The maximum atomic E-state index is 12.0. The van der Waals surface area contributed by atoms with Crippen LogP contribution in [0.5, 0.6) is 0 Å². The van der Waals surface area contributed by atoms with Gasteiger partial charge in [0, 0.05) is 17.4 Å². The predicted molar refractivity (Wildman–Crippen MR) is 86.6 cm³/mol. The summed E-state index contributed by atoms with van der Waals surface area (Å²) in [5.74, 6) is -0.144. The van der Waals surface area contributed by atoms with Crippen molar-refractivity contribution in [2.45, 2.75) is 44.8 Å². The Balaban J connectivity index is 1.90. The number of amides is 1. The van der Waals surface area contributed by atoms with Crippen LogP contribution in [0.25, 0.3) is 0 Å². The van der Waals surface area contributed by atoms with Gasteiger partial charge < -0.3 is 15.4 Å². The number of rotatable bonds is 7. The molecule has 0 unspecified atom stereocenters. The van der Waals surface area contributed by atoms with Gasteiger partial charge in [0.1, 0.15) is 6.10 Å². The van der Waals surface area contributed by atoms with Crippen molar-refractivity contribution in [1.29, 1.82) is 0 Å². The summed E-state index contributed by atoms with van der Waals surface area (Å²) in [6.45, 7) is 5.68. The van der Waals surface area contributed by atoms with Gasteiger partial charge >= 0.3 is 0 Å². The van der Waals surface area contributed by atoms with Gasteiger partial charge in [0.15, 0.2) is 0 Å². The fourth-order valence-electron chi connectivity index (χ4n) is 2.52. The van der Waals surface area contributed by atoms with Crippen molar-refractivity contribution < 1.29 is 9.53 Å². The Bertz CT molecular complexity index is 481. The molecule has 1 aromatic rings. The fraction of sp³-hybridized carbons (Fsp3) is 0.471. The maximum absolute atomic E-state index is 12.0. The maximum Gasteiger partial charge on any atom is 0.253 e. The second kappa shape index (κ2) is 7.84. The first-order valence-corrected chi connectivity index (χ1v) is 7.59. The molecule has 1 fully saturated rings. The molecule has 0 radical (unpaired) electrons. The zero-order valence-corrected chi connectivity index (χ0v) is 12.6. The van der Waals surface area contributed by atoms with E-state index in [9.17, 15) is 4.79 Å². The van der Waals surface area contributed by atoms with Gasteiger partial charge in [0.2, 0.25) is 0 Å². The van der Waals surface area contributed by atoms with E-state index in [0.717, 1.165) is 11.4 Å². The highest BCUT2D eigenvalue weighted by Crippen LogP contribution is 2.23. The van der Waals surface area contributed by atoms with E-state index in [1.54, 1.807) is 13.0 Å². The molecule has 4 heteroatoms. The van der Waals surface area contributed by atoms with E-state index < -0.39 is 6.10 Å². The van der Waals surface area contributed by atoms with Crippen LogP contribution in [0, 0.1) is 0 Å². The molecule has 1 atom stereocenters. The minimum absolute atomic E-state index is 0.144. The third-order valence-electron chi connectivity index (χ3n) is 3.69. The Hall–Kier alpha value is -1.81. The summed E-state index contributed by atoms with van der Waals surface area (Å²) in [6.07, 6.45) is 6.19. The van der Waals surface area contributed by atoms with E-state index in [1.807, 2.05) is 24.3 Å². The lowest BCUT2D eigenvalue weighted by molar-refractivity contribution is -0.125. The number of hydrogen-bond acceptors (Lipinski definition) is 3. The van der Waals surface area contributed by atoms with E-state index in [4.69, 9.17) is 4.74 Å². The highest BCUT2D eigenvalue weighted by atomic mass is 16.5. The van der Waals surface area contributed by atoms with Gasteiger partial charge in [0.25, 0.3) is 5.91 Å². The van der Waals surface area contributed by atoms with E-state index in [2.05, 4.69) is 17.2 Å². The fourth-order valence-corrected chi connectivity index (χ4v) is 2.52. The van der Waals surface area contributed by atoms with Crippen LogP contribution in [0.15, 0.2) is 36.9 Å². The standard InChI is InChI=1S/C17H24N2O2/c1-3-11-21-13(2)17(20)19-16-10-6-9-15(12-16)18-14-7-4-5-8-14/h3,6,9-10,12-14,18H,1,4-5,7-8,11H2,2H3,(H,19,20)/t13-/m0/s1. The highest BCUT2D eigenvalue weighted by Gasteiger charge is 2.15. The Morgan fingerprint density at radius 1 is 1.43 bits per heavy atom. The predicted octanol–water partition coefficient (Wildman–Crippen LogP) is 3.57. The molecule has 0 bridgehead atoms. The van der Waals surface area contributed by atoms with Gasteiger partial charge in [-0.2, -0.15) is 0 Å². The van der Waals surface area contributed by atoms with E-state index in [-0.39, 0.29) is 5.91 Å². The normalized spacial score (nSPS) is 16.4. The van der Waals surface area contributed by atoms with E-state index in [0.29, 0.717) is 12.6 Å². The van der Waals surface area contributed by atoms with Crippen molar-refractivity contribution in [2.75, 3.05) is 17.2 Å². The number of carbonyl (C=O) groups is 1. The zero-order chi connectivity index (χ0) is 15.1. The largest absolute Gasteiger partial charge is 0.382 e. The topological polar surface area (TPSA) is 50.4 Å². The molecule has 114 valence electrons. The van der Waals surface area contributed by atoms with Gasteiger partial charge in [-0.1, -0.05) is 25.0 Å². The van der Waals surface area contributed by atoms with Gasteiger partial charge in [-0.05, 0) is 38.0 Å². The summed E-state index contributed by atoms with van der Waals surface area (Å²) in [6, 6.07) is 8.40. The van der Waals surface area contributed by atoms with Crippen molar-refractivity contribution in [1.82, 2.24) is 0 Å². The van der Waals surface area contributed by atoms with Crippen LogP contribution in [0.4, 0.5) is 11.4 Å². The molecule has 0 aliphatic heterocycles. The smallest absolute Gasteiger partial charge is 0.253 e. The lowest BCUT2D eigenvalue weighted by atomic mass is 10.2. The Kier molecular flexibility index (Phi) is 5.81. The highest BCUT2D eigenvalue weighted by molar-refractivity contribution is 5.94. The SMILES string of the molecule is C=CCO[C@@H](C)C(=O)Nc1cccc(NC2CCCC2)c1. The van der Waals surface area contributed by atoms with Gasteiger partial charge in [0.05, 0.1) is 6.61 Å². The third-order valence-corrected chi connectivity index (χ3v) is 3.69. The molecule has 1 aliphatic rings. The minimum atomic E-state index is -0.491. The molecular formula is C17H24N2O2. The molecule has 0 heterocycles. The van der Waals surface area contributed by atoms with Crippen LogP contribution < -0.4 is 10.6 Å². The average molecular weight is 288 g/mol. The summed E-state index contributed by atoms with van der Waals surface area (Å²) in [4.78, 5) is 12.0. The van der Waals surface area contributed by atoms with Gasteiger partial charge in [-0.25, -0.2) is 0 Å². The van der Waals surface area contributed by atoms with Gasteiger partial charge in [-0.15, -0.1) is 6.58 Å². The Morgan fingerprint density at radius 3 is 2.86 bits per heavy atom. The van der Waals surface area contributed by atoms with Gasteiger partial charge in [-0.3, -0.25) is 4.79 Å². The summed E-state index contributed by atoms with van der Waals surface area (Å²) in [7, 11) is 0. The van der Waals surface area contributed by atoms with E-state index >= 15 is 0 Å². The van der Waals surface area contributed by atoms with Crippen LogP contribution in [-0.2, 0) is 9.53 Å². The zero-order valence-electron chi connectivity index (χ0n) is 12.6. The number of anilines is 2. The van der Waals surface area contributed by atoms with Crippen LogP contribution in [0.2, 0.25) is 0 Å². The van der Waals surface area contributed by atoms with Crippen LogP contribution in [-0.4, -0.2) is 24.7 Å². The van der Waals surface area contributed by atoms with Crippen LogP contribution in [0.1, 0.15) is 32.6 Å². The molecule has 0 saturated heterocycles. The lowest BCUT2D eigenvalue weighted by Crippen LogP contribution is -2.27. The van der Waals surface area contributed by atoms with E-state index in [1.165, 1.54) is 25.7 Å². The van der Waals surface area contributed by atoms with Crippen molar-refractivity contribution in [3.8, 4) is 0 Å². The molecule has 2 rings (SSSR count). The first kappa shape index (κ1) is 15.6. The number of hydrogen-bond donors (Lipinski definition) is 2. The van der Waals surface area contributed by atoms with Crippen molar-refractivity contribution >= 4 is 17.3 Å². The Labute approximate surface area is 126 Å². The molecule has 4 nitrogen and oxygen atoms in total. The summed E-state index contributed by atoms with van der Waals surface area (Å²) in [5, 5.41) is 6.40. The Morgan fingerprint density at radius 2 is 2.14 bits per heavy atom. The third kappa shape index (κ3) is 4.90. The molecular weight excluding hydrogens is 264 g/mol. The quantitative estimate of drug-likeness (QED) is 0.754. The number of ether oxygens (including phenoxy) is 1. The molecule has 1 aromatic carbocycles. The minimum Gasteiger partial charge on any atom is -0.382 e. The van der Waals surface area contributed by atoms with Crippen molar-refractivity contribution in [2.24, 2.45) is 0 Å². The summed E-state index contributed by atoms with van der Waals surface area (Å²) >= 11 is 0. The molecule has 2 N–H and O–H groups in total. The van der Waals surface area contributed by atoms with Crippen molar-refractivity contribution in [3.05, 3.63) is 36.9 Å².